The molecule has 0 bridgehead atoms. The molecular weight excluding hydrogens is 286 g/mol. The molecule has 0 N–H and O–H groups in total. The molecule has 3 rings (SSSR count). The zero-order valence-electron chi connectivity index (χ0n) is 12.4. The van der Waals surface area contributed by atoms with Gasteiger partial charge in [-0.25, -0.2) is 0 Å². The van der Waals surface area contributed by atoms with Crippen LogP contribution in [0.15, 0.2) is 91.0 Å². The van der Waals surface area contributed by atoms with Crippen LogP contribution in [0.5, 0.6) is 0 Å². The molecule has 0 fully saturated rings. The highest BCUT2D eigenvalue weighted by Gasteiger charge is 2.23. The second-order valence-corrected chi connectivity index (χ2v) is 5.08. The molecule has 0 aromatic heterocycles. The van der Waals surface area contributed by atoms with E-state index in [0.717, 1.165) is 11.1 Å². The average Bonchev–Trinajstić information content (AvgIpc) is 2.61. The normalized spacial score (nSPS) is 10.1. The molecule has 23 heavy (non-hydrogen) atoms. The predicted octanol–water partition coefficient (Wildman–Crippen LogP) is 4.88. The van der Waals surface area contributed by atoms with Crippen LogP contribution in [0.3, 0.4) is 0 Å². The van der Waals surface area contributed by atoms with Gasteiger partial charge in [-0.1, -0.05) is 78.9 Å². The SMILES string of the molecule is O=[N+]([O-])C(=C(c1ccccc1)c1ccccc1)c1ccccc1. The number of hydrogen-bond donors (Lipinski definition) is 0. The Bertz CT molecular complexity index is 784. The predicted molar refractivity (Wildman–Crippen MR) is 92.2 cm³/mol. The monoisotopic (exact) mass is 301 g/mol. The van der Waals surface area contributed by atoms with Gasteiger partial charge in [0.05, 0.1) is 16.1 Å². The van der Waals surface area contributed by atoms with Gasteiger partial charge >= 0.3 is 0 Å². The summed E-state index contributed by atoms with van der Waals surface area (Å²) < 4.78 is 0. The van der Waals surface area contributed by atoms with Gasteiger partial charge in [0.2, 0.25) is 0 Å². The van der Waals surface area contributed by atoms with Crippen LogP contribution in [0, 0.1) is 10.1 Å². The first-order valence-electron chi connectivity index (χ1n) is 7.32. The Morgan fingerprint density at radius 2 is 0.957 bits per heavy atom. The van der Waals surface area contributed by atoms with E-state index in [1.165, 1.54) is 0 Å². The Morgan fingerprint density at radius 3 is 1.30 bits per heavy atom. The standard InChI is InChI=1S/C20H15NO2/c22-21(23)20(18-14-8-3-9-15-18)19(16-10-4-1-5-11-16)17-12-6-2-7-13-17/h1-15H. The van der Waals surface area contributed by atoms with Crippen LogP contribution in [-0.4, -0.2) is 4.92 Å². The van der Waals surface area contributed by atoms with E-state index in [2.05, 4.69) is 0 Å². The molecule has 0 unspecified atom stereocenters. The van der Waals surface area contributed by atoms with Crippen LogP contribution in [0.25, 0.3) is 11.3 Å². The van der Waals surface area contributed by atoms with Gasteiger partial charge in [0.25, 0.3) is 5.70 Å². The molecule has 3 aromatic rings. The van der Waals surface area contributed by atoms with Gasteiger partial charge in [0.1, 0.15) is 0 Å². The van der Waals surface area contributed by atoms with Gasteiger partial charge < -0.3 is 0 Å². The van der Waals surface area contributed by atoms with E-state index < -0.39 is 0 Å². The minimum Gasteiger partial charge on any atom is -0.258 e. The largest absolute Gasteiger partial charge is 0.284 e. The smallest absolute Gasteiger partial charge is 0.258 e. The number of hydrogen-bond acceptors (Lipinski definition) is 2. The zero-order valence-corrected chi connectivity index (χ0v) is 12.4. The third-order valence-electron chi connectivity index (χ3n) is 3.59. The first-order chi connectivity index (χ1) is 11.3. The summed E-state index contributed by atoms with van der Waals surface area (Å²) in [4.78, 5) is 11.5. The first kappa shape index (κ1) is 14.7. The molecular formula is C20H15NO2. The van der Waals surface area contributed by atoms with Crippen molar-refractivity contribution in [2.45, 2.75) is 0 Å². The summed E-state index contributed by atoms with van der Waals surface area (Å²) in [7, 11) is 0. The third kappa shape index (κ3) is 3.19. The van der Waals surface area contributed by atoms with Gasteiger partial charge in [0.15, 0.2) is 0 Å². The Labute approximate surface area is 134 Å². The van der Waals surface area contributed by atoms with Gasteiger partial charge in [-0.05, 0) is 23.3 Å². The van der Waals surface area contributed by atoms with E-state index in [1.54, 1.807) is 12.1 Å². The molecule has 0 saturated carbocycles. The molecule has 3 heteroatoms. The Balaban J connectivity index is 2.34. The van der Waals surface area contributed by atoms with Crippen molar-refractivity contribution in [3.05, 3.63) is 118 Å². The lowest BCUT2D eigenvalue weighted by molar-refractivity contribution is -0.374. The minimum atomic E-state index is -0.301. The lowest BCUT2D eigenvalue weighted by Gasteiger charge is -2.10. The molecule has 3 aromatic carbocycles. The molecule has 112 valence electrons. The molecule has 0 aliphatic rings. The molecule has 0 aliphatic heterocycles. The fraction of sp³-hybridized carbons (Fsp3) is 0. The topological polar surface area (TPSA) is 43.1 Å². The molecule has 0 radical (unpaired) electrons. The van der Waals surface area contributed by atoms with Crippen molar-refractivity contribution in [1.29, 1.82) is 0 Å². The number of nitro groups is 1. The van der Waals surface area contributed by atoms with Gasteiger partial charge in [0, 0.05) is 0 Å². The first-order valence-corrected chi connectivity index (χ1v) is 7.32. The molecule has 0 aliphatic carbocycles. The molecule has 0 saturated heterocycles. The van der Waals surface area contributed by atoms with Crippen LogP contribution in [-0.2, 0) is 0 Å². The second kappa shape index (κ2) is 6.71. The molecule has 3 nitrogen and oxygen atoms in total. The van der Waals surface area contributed by atoms with E-state index in [0.29, 0.717) is 11.1 Å². The lowest BCUT2D eigenvalue weighted by atomic mass is 9.93. The fourth-order valence-corrected chi connectivity index (χ4v) is 2.59. The lowest BCUT2D eigenvalue weighted by Crippen LogP contribution is -2.03. The maximum absolute atomic E-state index is 11.8. The molecule has 0 amide bonds. The molecule has 0 atom stereocenters. The minimum absolute atomic E-state index is 0.114. The van der Waals surface area contributed by atoms with Crippen molar-refractivity contribution in [2.24, 2.45) is 0 Å². The van der Waals surface area contributed by atoms with E-state index in [-0.39, 0.29) is 10.6 Å². The van der Waals surface area contributed by atoms with Crippen LogP contribution >= 0.6 is 0 Å². The highest BCUT2D eigenvalue weighted by atomic mass is 16.6. The second-order valence-electron chi connectivity index (χ2n) is 5.08. The van der Waals surface area contributed by atoms with Gasteiger partial charge in [-0.2, -0.15) is 0 Å². The van der Waals surface area contributed by atoms with Gasteiger partial charge in [-0.15, -0.1) is 0 Å². The van der Waals surface area contributed by atoms with Crippen molar-refractivity contribution in [3.8, 4) is 0 Å². The Hall–Kier alpha value is -3.20. The fourth-order valence-electron chi connectivity index (χ4n) is 2.59. The maximum Gasteiger partial charge on any atom is 0.284 e. The maximum atomic E-state index is 11.8. The van der Waals surface area contributed by atoms with Crippen molar-refractivity contribution >= 4 is 11.3 Å². The molecule has 0 heterocycles. The summed E-state index contributed by atoms with van der Waals surface area (Å²) in [5, 5.41) is 11.8. The van der Waals surface area contributed by atoms with Gasteiger partial charge in [-0.3, -0.25) is 10.1 Å². The van der Waals surface area contributed by atoms with Crippen LogP contribution in [0.4, 0.5) is 0 Å². The zero-order chi connectivity index (χ0) is 16.1. The third-order valence-corrected chi connectivity index (χ3v) is 3.59. The highest BCUT2D eigenvalue weighted by Crippen LogP contribution is 2.32. The Kier molecular flexibility index (Phi) is 4.29. The quantitative estimate of drug-likeness (QED) is 0.391. The summed E-state index contributed by atoms with van der Waals surface area (Å²) in [6, 6.07) is 28.0. The van der Waals surface area contributed by atoms with Crippen LogP contribution < -0.4 is 0 Å². The van der Waals surface area contributed by atoms with Crippen molar-refractivity contribution in [3.63, 3.8) is 0 Å². The summed E-state index contributed by atoms with van der Waals surface area (Å²) in [6.07, 6.45) is 0. The summed E-state index contributed by atoms with van der Waals surface area (Å²) in [5.74, 6) is 0. The van der Waals surface area contributed by atoms with Crippen LogP contribution in [0.1, 0.15) is 16.7 Å². The van der Waals surface area contributed by atoms with Crippen LogP contribution in [0.2, 0.25) is 0 Å². The van der Waals surface area contributed by atoms with Crippen molar-refractivity contribution in [1.82, 2.24) is 0 Å². The number of rotatable bonds is 4. The number of nitrogens with zero attached hydrogens (tertiary/aromatic N) is 1. The summed E-state index contributed by atoms with van der Waals surface area (Å²) in [5.41, 5.74) is 2.99. The summed E-state index contributed by atoms with van der Waals surface area (Å²) >= 11 is 0. The van der Waals surface area contributed by atoms with Crippen molar-refractivity contribution < 1.29 is 4.92 Å². The summed E-state index contributed by atoms with van der Waals surface area (Å²) in [6.45, 7) is 0. The Morgan fingerprint density at radius 1 is 0.609 bits per heavy atom. The average molecular weight is 301 g/mol. The molecule has 0 spiro atoms. The van der Waals surface area contributed by atoms with E-state index in [1.807, 2.05) is 78.9 Å². The van der Waals surface area contributed by atoms with E-state index in [4.69, 9.17) is 0 Å². The van der Waals surface area contributed by atoms with E-state index in [9.17, 15) is 10.1 Å². The number of benzene rings is 3. The van der Waals surface area contributed by atoms with E-state index >= 15 is 0 Å². The van der Waals surface area contributed by atoms with Crippen molar-refractivity contribution in [2.75, 3.05) is 0 Å². The highest BCUT2D eigenvalue weighted by molar-refractivity contribution is 5.95.